The van der Waals surface area contributed by atoms with Gasteiger partial charge in [-0.2, -0.15) is 0 Å². The summed E-state index contributed by atoms with van der Waals surface area (Å²) in [7, 11) is 0. The van der Waals surface area contributed by atoms with Crippen LogP contribution in [0.3, 0.4) is 0 Å². The summed E-state index contributed by atoms with van der Waals surface area (Å²) in [6.45, 7) is 8.55. The number of nitrogens with one attached hydrogen (secondary N) is 1. The Morgan fingerprint density at radius 2 is 2.00 bits per heavy atom. The Bertz CT molecular complexity index is 293. The molecule has 0 amide bonds. The molecule has 0 aromatic heterocycles. The highest BCUT2D eigenvalue weighted by atomic mass is 16.5. The van der Waals surface area contributed by atoms with Crippen LogP contribution in [0.25, 0.3) is 0 Å². The third-order valence-corrected chi connectivity index (χ3v) is 5.45. The van der Waals surface area contributed by atoms with Gasteiger partial charge in [0.25, 0.3) is 0 Å². The van der Waals surface area contributed by atoms with Gasteiger partial charge in [-0.25, -0.2) is 0 Å². The van der Waals surface area contributed by atoms with E-state index >= 15 is 0 Å². The predicted molar refractivity (Wildman–Crippen MR) is 80.0 cm³/mol. The van der Waals surface area contributed by atoms with Gasteiger partial charge < -0.3 is 14.8 Å². The molecular weight excluding hydrogens is 252 g/mol. The third kappa shape index (κ3) is 3.19. The van der Waals surface area contributed by atoms with Crippen molar-refractivity contribution >= 4 is 0 Å². The molecule has 2 atom stereocenters. The first kappa shape index (κ1) is 14.8. The van der Waals surface area contributed by atoms with Crippen LogP contribution in [0.4, 0.5) is 0 Å². The molecule has 1 spiro atoms. The van der Waals surface area contributed by atoms with Crippen molar-refractivity contribution in [3.05, 3.63) is 0 Å². The monoisotopic (exact) mass is 282 g/mol. The molecule has 0 bridgehead atoms. The maximum Gasteiger partial charge on any atom is 0.0741 e. The average Bonchev–Trinajstić information content (AvgIpc) is 2.50. The van der Waals surface area contributed by atoms with E-state index in [4.69, 9.17) is 9.47 Å². The van der Waals surface area contributed by atoms with E-state index in [0.717, 1.165) is 38.7 Å². The largest absolute Gasteiger partial charge is 0.381 e. The third-order valence-electron chi connectivity index (χ3n) is 5.45. The van der Waals surface area contributed by atoms with Crippen LogP contribution >= 0.6 is 0 Å². The summed E-state index contributed by atoms with van der Waals surface area (Å²) in [6, 6.07) is 1.44. The van der Waals surface area contributed by atoms with Crippen molar-refractivity contribution < 1.29 is 9.47 Å². The van der Waals surface area contributed by atoms with Crippen molar-refractivity contribution in [3.63, 3.8) is 0 Å². The van der Waals surface area contributed by atoms with Crippen molar-refractivity contribution in [2.75, 3.05) is 39.5 Å². The quantitative estimate of drug-likeness (QED) is 0.856. The minimum atomic E-state index is 0.122. The molecule has 3 aliphatic rings. The van der Waals surface area contributed by atoms with Crippen molar-refractivity contribution in [3.8, 4) is 0 Å². The summed E-state index contributed by atoms with van der Waals surface area (Å²) >= 11 is 0. The molecule has 3 aliphatic heterocycles. The van der Waals surface area contributed by atoms with E-state index in [-0.39, 0.29) is 5.60 Å². The Morgan fingerprint density at radius 3 is 2.70 bits per heavy atom. The standard InChI is InChI=1S/C16H30N2O2/c1-2-18(15-4-3-8-17-13-15)14-5-9-20-16(12-14)6-10-19-11-7-16/h14-15,17H,2-13H2,1H3. The molecular formula is C16H30N2O2. The van der Waals surface area contributed by atoms with Gasteiger partial charge in [-0.15, -0.1) is 0 Å². The van der Waals surface area contributed by atoms with Crippen LogP contribution in [0.2, 0.25) is 0 Å². The fourth-order valence-electron chi connectivity index (χ4n) is 4.31. The van der Waals surface area contributed by atoms with Gasteiger partial charge in [0, 0.05) is 38.4 Å². The average molecular weight is 282 g/mol. The smallest absolute Gasteiger partial charge is 0.0741 e. The van der Waals surface area contributed by atoms with Gasteiger partial charge in [0.1, 0.15) is 0 Å². The van der Waals surface area contributed by atoms with Gasteiger partial charge >= 0.3 is 0 Å². The molecule has 1 N–H and O–H groups in total. The molecule has 0 radical (unpaired) electrons. The normalized spacial score (nSPS) is 34.5. The number of hydrogen-bond donors (Lipinski definition) is 1. The molecule has 0 saturated carbocycles. The number of piperidine rings is 1. The Hall–Kier alpha value is -0.160. The Kier molecular flexibility index (Phi) is 4.97. The predicted octanol–water partition coefficient (Wildman–Crippen LogP) is 1.79. The van der Waals surface area contributed by atoms with E-state index in [1.165, 1.54) is 45.3 Å². The van der Waals surface area contributed by atoms with Gasteiger partial charge in [-0.3, -0.25) is 4.90 Å². The minimum Gasteiger partial charge on any atom is -0.381 e. The molecule has 20 heavy (non-hydrogen) atoms. The van der Waals surface area contributed by atoms with Crippen molar-refractivity contribution in [2.45, 2.75) is 63.1 Å². The van der Waals surface area contributed by atoms with Gasteiger partial charge in [-0.1, -0.05) is 6.92 Å². The Morgan fingerprint density at radius 1 is 1.15 bits per heavy atom. The summed E-state index contributed by atoms with van der Waals surface area (Å²) in [5.74, 6) is 0. The molecule has 2 unspecified atom stereocenters. The first-order valence-electron chi connectivity index (χ1n) is 8.51. The number of nitrogens with zero attached hydrogens (tertiary/aromatic N) is 1. The van der Waals surface area contributed by atoms with E-state index in [1.807, 2.05) is 0 Å². The van der Waals surface area contributed by atoms with Crippen LogP contribution in [0, 0.1) is 0 Å². The molecule has 4 nitrogen and oxygen atoms in total. The molecule has 3 saturated heterocycles. The van der Waals surface area contributed by atoms with E-state index in [2.05, 4.69) is 17.1 Å². The van der Waals surface area contributed by atoms with Crippen LogP contribution < -0.4 is 5.32 Å². The van der Waals surface area contributed by atoms with Crippen molar-refractivity contribution in [2.24, 2.45) is 0 Å². The number of hydrogen-bond acceptors (Lipinski definition) is 4. The molecule has 0 aliphatic carbocycles. The molecule has 0 aromatic carbocycles. The lowest BCUT2D eigenvalue weighted by Gasteiger charge is -2.48. The van der Waals surface area contributed by atoms with E-state index in [9.17, 15) is 0 Å². The number of rotatable bonds is 3. The molecule has 3 rings (SSSR count). The molecule has 0 aromatic rings. The zero-order valence-corrected chi connectivity index (χ0v) is 12.9. The summed E-state index contributed by atoms with van der Waals surface area (Å²) < 4.78 is 11.7. The summed E-state index contributed by atoms with van der Waals surface area (Å²) in [4.78, 5) is 2.76. The highest BCUT2D eigenvalue weighted by Crippen LogP contribution is 2.36. The zero-order valence-electron chi connectivity index (χ0n) is 12.9. The second-order valence-electron chi connectivity index (χ2n) is 6.62. The molecule has 3 fully saturated rings. The lowest BCUT2D eigenvalue weighted by atomic mass is 9.83. The second kappa shape index (κ2) is 6.73. The lowest BCUT2D eigenvalue weighted by Crippen LogP contribution is -2.56. The highest BCUT2D eigenvalue weighted by Gasteiger charge is 2.41. The number of ether oxygens (including phenoxy) is 2. The van der Waals surface area contributed by atoms with Gasteiger partial charge in [-0.05, 0) is 51.6 Å². The summed E-state index contributed by atoms with van der Waals surface area (Å²) in [5, 5.41) is 3.57. The maximum absolute atomic E-state index is 6.20. The van der Waals surface area contributed by atoms with Crippen LogP contribution in [0.1, 0.15) is 45.4 Å². The lowest BCUT2D eigenvalue weighted by molar-refractivity contribution is -0.154. The first-order valence-corrected chi connectivity index (χ1v) is 8.51. The number of likely N-dealkylation sites (N-methyl/N-ethyl adjacent to an activating group) is 1. The van der Waals surface area contributed by atoms with E-state index in [1.54, 1.807) is 0 Å². The Labute approximate surface area is 123 Å². The first-order chi connectivity index (χ1) is 9.83. The van der Waals surface area contributed by atoms with E-state index in [0.29, 0.717) is 6.04 Å². The fraction of sp³-hybridized carbons (Fsp3) is 1.00. The SMILES string of the molecule is CCN(C1CCCNC1)C1CCOC2(CCOCC2)C1. The van der Waals surface area contributed by atoms with Gasteiger partial charge in [0.15, 0.2) is 0 Å². The topological polar surface area (TPSA) is 33.7 Å². The molecule has 3 heterocycles. The van der Waals surface area contributed by atoms with Crippen LogP contribution in [-0.4, -0.2) is 62.0 Å². The maximum atomic E-state index is 6.20. The molecule has 4 heteroatoms. The van der Waals surface area contributed by atoms with Crippen LogP contribution in [0.5, 0.6) is 0 Å². The van der Waals surface area contributed by atoms with E-state index < -0.39 is 0 Å². The summed E-state index contributed by atoms with van der Waals surface area (Å²) in [5.41, 5.74) is 0.122. The van der Waals surface area contributed by atoms with Gasteiger partial charge in [0.05, 0.1) is 5.60 Å². The Balaban J connectivity index is 1.64. The zero-order chi connectivity index (χ0) is 13.8. The fourth-order valence-corrected chi connectivity index (χ4v) is 4.31. The molecule has 116 valence electrons. The van der Waals surface area contributed by atoms with Gasteiger partial charge in [0.2, 0.25) is 0 Å². The van der Waals surface area contributed by atoms with Crippen molar-refractivity contribution in [1.29, 1.82) is 0 Å². The van der Waals surface area contributed by atoms with Crippen molar-refractivity contribution in [1.82, 2.24) is 10.2 Å². The van der Waals surface area contributed by atoms with Crippen LogP contribution in [-0.2, 0) is 9.47 Å². The minimum absolute atomic E-state index is 0.122. The van der Waals surface area contributed by atoms with Crippen LogP contribution in [0.15, 0.2) is 0 Å². The summed E-state index contributed by atoms with van der Waals surface area (Å²) in [6.07, 6.45) is 7.26. The highest BCUT2D eigenvalue weighted by molar-refractivity contribution is 4.94. The second-order valence-corrected chi connectivity index (χ2v) is 6.62.